The zero-order valence-corrected chi connectivity index (χ0v) is 24.9. The summed E-state index contributed by atoms with van der Waals surface area (Å²) < 4.78 is 1.95. The van der Waals surface area contributed by atoms with E-state index in [-0.39, 0.29) is 0 Å². The molecule has 0 amide bonds. The lowest BCUT2D eigenvalue weighted by atomic mass is 10.1. The Bertz CT molecular complexity index is 324. The highest BCUT2D eigenvalue weighted by Crippen LogP contribution is 2.16. The first-order valence-corrected chi connectivity index (χ1v) is 15.0. The van der Waals surface area contributed by atoms with Gasteiger partial charge in [-0.25, -0.2) is 4.84 Å². The molecule has 0 aliphatic carbocycles. The molecule has 0 aromatic carbocycles. The molecular formula is C30H68N2O+2. The standard InChI is InChI=1S/C25H54N.C5H14NO/c1-5-8-11-14-17-20-23-26(4,24-21-18-15-12-9-6-2)25-22-19-16-13-10-7-3;1-5-7-6(2,3)4/h5-25H2,1-4H3;5H2,1-4H3/q2*+1. The molecule has 202 valence electrons. The molecule has 0 bridgehead atoms. The fraction of sp³-hybridized carbons (Fsp3) is 1.00. The number of nitrogens with zero attached hydrogens (tertiary/aromatic N) is 2. The van der Waals surface area contributed by atoms with Crippen LogP contribution in [0.3, 0.4) is 0 Å². The minimum Gasteiger partial charge on any atom is -0.326 e. The van der Waals surface area contributed by atoms with E-state index in [1.807, 2.05) is 28.1 Å². The van der Waals surface area contributed by atoms with E-state index < -0.39 is 0 Å². The van der Waals surface area contributed by atoms with Crippen LogP contribution in [0.5, 0.6) is 0 Å². The highest BCUT2D eigenvalue weighted by atomic mass is 16.7. The molecule has 0 aliphatic rings. The van der Waals surface area contributed by atoms with Crippen molar-refractivity contribution in [3.8, 4) is 0 Å². The van der Waals surface area contributed by atoms with Crippen molar-refractivity contribution < 1.29 is 14.0 Å². The van der Waals surface area contributed by atoms with E-state index >= 15 is 0 Å². The van der Waals surface area contributed by atoms with Gasteiger partial charge in [0.05, 0.1) is 47.8 Å². The molecule has 0 aliphatic heterocycles. The van der Waals surface area contributed by atoms with Gasteiger partial charge in [-0.2, -0.15) is 4.65 Å². The second-order valence-electron chi connectivity index (χ2n) is 11.4. The zero-order valence-electron chi connectivity index (χ0n) is 24.9. The van der Waals surface area contributed by atoms with E-state index in [4.69, 9.17) is 4.84 Å². The maximum Gasteiger partial charge on any atom is 0.103 e. The van der Waals surface area contributed by atoms with E-state index in [0.29, 0.717) is 4.65 Å². The lowest BCUT2D eigenvalue weighted by molar-refractivity contribution is -1.06. The maximum atomic E-state index is 5.17. The molecule has 0 saturated heterocycles. The van der Waals surface area contributed by atoms with Gasteiger partial charge >= 0.3 is 0 Å². The molecule has 0 N–H and O–H groups in total. The third kappa shape index (κ3) is 29.8. The van der Waals surface area contributed by atoms with E-state index in [1.54, 1.807) is 0 Å². The van der Waals surface area contributed by atoms with E-state index in [0.717, 1.165) is 6.61 Å². The Morgan fingerprint density at radius 1 is 0.394 bits per heavy atom. The first-order chi connectivity index (χ1) is 15.7. The van der Waals surface area contributed by atoms with Gasteiger partial charge in [-0.05, 0) is 45.4 Å². The summed E-state index contributed by atoms with van der Waals surface area (Å²) in [6.07, 6.45) is 25.9. The van der Waals surface area contributed by atoms with E-state index in [1.165, 1.54) is 140 Å². The van der Waals surface area contributed by atoms with Gasteiger partial charge in [0.15, 0.2) is 0 Å². The van der Waals surface area contributed by atoms with Crippen LogP contribution in [0.2, 0.25) is 0 Å². The minimum absolute atomic E-state index is 0.594. The molecule has 0 unspecified atom stereocenters. The van der Waals surface area contributed by atoms with Crippen molar-refractivity contribution in [1.29, 1.82) is 0 Å². The van der Waals surface area contributed by atoms with Gasteiger partial charge in [-0.3, -0.25) is 0 Å². The summed E-state index contributed by atoms with van der Waals surface area (Å²) in [5.41, 5.74) is 0. The molecule has 3 nitrogen and oxygen atoms in total. The Morgan fingerprint density at radius 3 is 0.879 bits per heavy atom. The molecule has 0 radical (unpaired) electrons. The Kier molecular flexibility index (Phi) is 26.5. The number of hydrogen-bond donors (Lipinski definition) is 0. The molecule has 0 aromatic rings. The van der Waals surface area contributed by atoms with Crippen LogP contribution in [0.15, 0.2) is 0 Å². The van der Waals surface area contributed by atoms with Crippen molar-refractivity contribution in [3.63, 3.8) is 0 Å². The Balaban J connectivity index is 0. The van der Waals surface area contributed by atoms with Gasteiger partial charge in [-0.15, -0.1) is 0 Å². The number of unbranched alkanes of at least 4 members (excludes halogenated alkanes) is 15. The van der Waals surface area contributed by atoms with Crippen molar-refractivity contribution in [3.05, 3.63) is 0 Å². The first-order valence-electron chi connectivity index (χ1n) is 15.0. The summed E-state index contributed by atoms with van der Waals surface area (Å²) in [7, 11) is 8.53. The number of hydroxylamine groups is 3. The fourth-order valence-corrected chi connectivity index (χ4v) is 4.54. The second kappa shape index (κ2) is 25.0. The number of hydrogen-bond acceptors (Lipinski definition) is 1. The molecule has 0 aromatic heterocycles. The molecule has 0 rings (SSSR count). The molecule has 0 heterocycles. The molecule has 0 fully saturated rings. The topological polar surface area (TPSA) is 9.23 Å². The third-order valence-electron chi connectivity index (χ3n) is 6.67. The first kappa shape index (κ1) is 35.0. The predicted molar refractivity (Wildman–Crippen MR) is 151 cm³/mol. The van der Waals surface area contributed by atoms with E-state index in [9.17, 15) is 0 Å². The summed E-state index contributed by atoms with van der Waals surface area (Å²) in [5, 5.41) is 0. The van der Waals surface area contributed by atoms with Crippen molar-refractivity contribution in [2.75, 3.05) is 54.4 Å². The van der Waals surface area contributed by atoms with Crippen molar-refractivity contribution in [1.82, 2.24) is 0 Å². The van der Waals surface area contributed by atoms with Gasteiger partial charge < -0.3 is 4.48 Å². The molecule has 0 atom stereocenters. The van der Waals surface area contributed by atoms with E-state index in [2.05, 4.69) is 27.8 Å². The lowest BCUT2D eigenvalue weighted by Gasteiger charge is -2.35. The third-order valence-corrected chi connectivity index (χ3v) is 6.67. The number of rotatable bonds is 23. The summed E-state index contributed by atoms with van der Waals surface area (Å²) in [6.45, 7) is 14.0. The van der Waals surface area contributed by atoms with Crippen molar-refractivity contribution in [2.45, 2.75) is 143 Å². The van der Waals surface area contributed by atoms with Gasteiger partial charge in [0.2, 0.25) is 0 Å². The highest BCUT2D eigenvalue weighted by molar-refractivity contribution is 4.51. The summed E-state index contributed by atoms with van der Waals surface area (Å²) >= 11 is 0. The monoisotopic (exact) mass is 473 g/mol. The normalized spacial score (nSPS) is 12.0. The van der Waals surface area contributed by atoms with Crippen LogP contribution in [-0.2, 0) is 4.84 Å². The SMILES string of the molecule is CCCCCCCC[N+](C)(CCCCCCCC)CCCCCCCC.CCO[N+](C)(C)C. The van der Waals surface area contributed by atoms with Crippen LogP contribution in [0.4, 0.5) is 0 Å². The van der Waals surface area contributed by atoms with Crippen molar-refractivity contribution in [2.24, 2.45) is 0 Å². The van der Waals surface area contributed by atoms with Crippen LogP contribution in [0, 0.1) is 0 Å². The van der Waals surface area contributed by atoms with Crippen LogP contribution in [0.25, 0.3) is 0 Å². The molecule has 3 heteroatoms. The lowest BCUT2D eigenvalue weighted by Crippen LogP contribution is -2.46. The Hall–Kier alpha value is -0.120. The van der Waals surface area contributed by atoms with Gasteiger partial charge in [-0.1, -0.05) is 97.8 Å². The fourth-order valence-electron chi connectivity index (χ4n) is 4.54. The largest absolute Gasteiger partial charge is 0.326 e. The molecule has 0 saturated carbocycles. The molecular weight excluding hydrogens is 404 g/mol. The zero-order chi connectivity index (χ0) is 25.3. The predicted octanol–water partition coefficient (Wildman–Crippen LogP) is 9.16. The summed E-state index contributed by atoms with van der Waals surface area (Å²) in [4.78, 5) is 5.17. The van der Waals surface area contributed by atoms with Gasteiger partial charge in [0, 0.05) is 0 Å². The second-order valence-corrected chi connectivity index (χ2v) is 11.4. The summed E-state index contributed by atoms with van der Waals surface area (Å²) in [5.74, 6) is 0. The maximum absolute atomic E-state index is 5.17. The average Bonchev–Trinajstić information content (AvgIpc) is 2.75. The van der Waals surface area contributed by atoms with Crippen LogP contribution >= 0.6 is 0 Å². The van der Waals surface area contributed by atoms with Crippen LogP contribution < -0.4 is 0 Å². The van der Waals surface area contributed by atoms with Crippen molar-refractivity contribution >= 4 is 0 Å². The summed E-state index contributed by atoms with van der Waals surface area (Å²) in [6, 6.07) is 0. The Morgan fingerprint density at radius 2 is 0.667 bits per heavy atom. The van der Waals surface area contributed by atoms with Crippen LogP contribution in [0.1, 0.15) is 143 Å². The van der Waals surface area contributed by atoms with Gasteiger partial charge in [0.1, 0.15) is 6.61 Å². The minimum atomic E-state index is 0.594. The average molecular weight is 473 g/mol. The quantitative estimate of drug-likeness (QED) is 0.0818. The smallest absolute Gasteiger partial charge is 0.103 e. The Labute approximate surface area is 211 Å². The highest BCUT2D eigenvalue weighted by Gasteiger charge is 2.20. The molecule has 0 spiro atoms. The molecule has 33 heavy (non-hydrogen) atoms. The van der Waals surface area contributed by atoms with Crippen LogP contribution in [-0.4, -0.2) is 63.6 Å². The van der Waals surface area contributed by atoms with Gasteiger partial charge in [0.25, 0.3) is 0 Å². The number of quaternary nitrogens is 2.